The fraction of sp³-hybridized carbons (Fsp3) is 0.600. The van der Waals surface area contributed by atoms with E-state index < -0.39 is 0 Å². The summed E-state index contributed by atoms with van der Waals surface area (Å²) in [6.07, 6.45) is 2.47. The van der Waals surface area contributed by atoms with E-state index in [1.807, 2.05) is 29.2 Å². The molecule has 0 aromatic heterocycles. The van der Waals surface area contributed by atoms with E-state index in [0.717, 1.165) is 50.5 Å². The Labute approximate surface area is 166 Å². The fourth-order valence-electron chi connectivity index (χ4n) is 4.58. The predicted octanol–water partition coefficient (Wildman–Crippen LogP) is 1.93. The third-order valence-electron chi connectivity index (χ3n) is 6.19. The van der Waals surface area contributed by atoms with Crippen LogP contribution in [0, 0.1) is 17.8 Å². The topological polar surface area (TPSA) is 61.9 Å². The number of methoxy groups -OCH3 is 1. The number of hydrogen-bond donors (Lipinski definition) is 1. The molecule has 3 atom stereocenters. The van der Waals surface area contributed by atoms with Crippen LogP contribution in [0.3, 0.4) is 0 Å². The molecule has 3 aliphatic rings. The Morgan fingerprint density at radius 3 is 2.33 bits per heavy atom. The molecule has 1 aromatic carbocycles. The highest BCUT2D eigenvalue weighted by atomic mass is 35.5. The molecule has 2 amide bonds. The molecular weight excluding hydrogens is 366 g/mol. The molecule has 3 aliphatic heterocycles. The van der Waals surface area contributed by atoms with E-state index in [-0.39, 0.29) is 30.1 Å². The summed E-state index contributed by atoms with van der Waals surface area (Å²) in [7, 11) is 1.62. The summed E-state index contributed by atoms with van der Waals surface area (Å²) in [6, 6.07) is 7.45. The van der Waals surface area contributed by atoms with Gasteiger partial charge in [0.2, 0.25) is 11.8 Å². The SMILES string of the molecule is COc1ccc(N2CC(C(=O)N3CC[C@@H]4CNC[C@@H]4CC3)CC2=O)cc1.Cl. The molecule has 27 heavy (non-hydrogen) atoms. The Bertz CT molecular complexity index is 668. The first-order valence-electron chi connectivity index (χ1n) is 9.59. The summed E-state index contributed by atoms with van der Waals surface area (Å²) in [5.74, 6) is 2.13. The number of hydrogen-bond acceptors (Lipinski definition) is 4. The van der Waals surface area contributed by atoms with Crippen molar-refractivity contribution >= 4 is 29.9 Å². The molecule has 1 unspecified atom stereocenters. The molecule has 0 saturated carbocycles. The number of ether oxygens (including phenoxy) is 1. The van der Waals surface area contributed by atoms with Gasteiger partial charge < -0.3 is 19.9 Å². The van der Waals surface area contributed by atoms with Gasteiger partial charge in [0.15, 0.2) is 0 Å². The van der Waals surface area contributed by atoms with Crippen LogP contribution in [0.5, 0.6) is 5.75 Å². The average Bonchev–Trinajstić information content (AvgIpc) is 3.23. The van der Waals surface area contributed by atoms with Crippen molar-refractivity contribution in [2.24, 2.45) is 17.8 Å². The van der Waals surface area contributed by atoms with Crippen LogP contribution in [-0.4, -0.2) is 56.5 Å². The lowest BCUT2D eigenvalue weighted by molar-refractivity contribution is -0.135. The Hall–Kier alpha value is -1.79. The van der Waals surface area contributed by atoms with Crippen LogP contribution in [-0.2, 0) is 9.59 Å². The van der Waals surface area contributed by atoms with E-state index in [2.05, 4.69) is 5.32 Å². The number of nitrogens with zero attached hydrogens (tertiary/aromatic N) is 2. The minimum Gasteiger partial charge on any atom is -0.497 e. The lowest BCUT2D eigenvalue weighted by atomic mass is 9.92. The minimum atomic E-state index is -0.222. The van der Waals surface area contributed by atoms with E-state index in [1.54, 1.807) is 12.0 Å². The average molecular weight is 394 g/mol. The van der Waals surface area contributed by atoms with Crippen LogP contribution in [0.15, 0.2) is 24.3 Å². The van der Waals surface area contributed by atoms with Crippen molar-refractivity contribution in [3.63, 3.8) is 0 Å². The Morgan fingerprint density at radius 1 is 1.11 bits per heavy atom. The van der Waals surface area contributed by atoms with Crippen LogP contribution in [0.25, 0.3) is 0 Å². The van der Waals surface area contributed by atoms with E-state index in [4.69, 9.17) is 4.74 Å². The maximum Gasteiger partial charge on any atom is 0.228 e. The number of halogens is 1. The Kier molecular flexibility index (Phi) is 6.27. The maximum absolute atomic E-state index is 13.0. The predicted molar refractivity (Wildman–Crippen MR) is 106 cm³/mol. The Balaban J connectivity index is 0.00000210. The molecule has 0 radical (unpaired) electrons. The number of amides is 2. The van der Waals surface area contributed by atoms with Crippen LogP contribution in [0.2, 0.25) is 0 Å². The summed E-state index contributed by atoms with van der Waals surface area (Å²) >= 11 is 0. The largest absolute Gasteiger partial charge is 0.497 e. The van der Waals surface area contributed by atoms with Crippen molar-refractivity contribution in [1.82, 2.24) is 10.2 Å². The molecule has 3 fully saturated rings. The first-order chi connectivity index (χ1) is 12.7. The van der Waals surface area contributed by atoms with Gasteiger partial charge in [0.1, 0.15) is 5.75 Å². The summed E-state index contributed by atoms with van der Waals surface area (Å²) in [5.41, 5.74) is 0.836. The standard InChI is InChI=1S/C20H27N3O3.ClH/c1-26-18-4-2-17(3-5-18)23-13-16(10-19(23)24)20(25)22-8-6-14-11-21-12-15(14)7-9-22;/h2-5,14-16,21H,6-13H2,1H3;1H/t14-,15+,16?;. The fourth-order valence-corrected chi connectivity index (χ4v) is 4.58. The van der Waals surface area contributed by atoms with Crippen molar-refractivity contribution < 1.29 is 14.3 Å². The zero-order valence-corrected chi connectivity index (χ0v) is 16.5. The van der Waals surface area contributed by atoms with Crippen LogP contribution in [0.4, 0.5) is 5.69 Å². The second-order valence-corrected chi connectivity index (χ2v) is 7.68. The lowest BCUT2D eigenvalue weighted by Gasteiger charge is -2.24. The smallest absolute Gasteiger partial charge is 0.228 e. The zero-order chi connectivity index (χ0) is 18.1. The molecule has 1 aromatic rings. The number of rotatable bonds is 3. The normalized spacial score (nSPS) is 27.7. The molecule has 6 nitrogen and oxygen atoms in total. The summed E-state index contributed by atoms with van der Waals surface area (Å²) in [6.45, 7) is 4.30. The number of fused-ring (bicyclic) bond motifs is 1. The van der Waals surface area contributed by atoms with E-state index in [9.17, 15) is 9.59 Å². The van der Waals surface area contributed by atoms with Crippen molar-refractivity contribution in [2.75, 3.05) is 44.7 Å². The molecule has 0 bridgehead atoms. The summed E-state index contributed by atoms with van der Waals surface area (Å²) in [5, 5.41) is 3.47. The van der Waals surface area contributed by atoms with Gasteiger partial charge >= 0.3 is 0 Å². The van der Waals surface area contributed by atoms with Gasteiger partial charge in [-0.2, -0.15) is 0 Å². The maximum atomic E-state index is 13.0. The summed E-state index contributed by atoms with van der Waals surface area (Å²) in [4.78, 5) is 29.2. The van der Waals surface area contributed by atoms with E-state index >= 15 is 0 Å². The van der Waals surface area contributed by atoms with Gasteiger partial charge in [-0.05, 0) is 62.0 Å². The lowest BCUT2D eigenvalue weighted by Crippen LogP contribution is -2.38. The zero-order valence-electron chi connectivity index (χ0n) is 15.7. The molecule has 1 N–H and O–H groups in total. The van der Waals surface area contributed by atoms with Crippen LogP contribution in [0.1, 0.15) is 19.3 Å². The molecule has 0 aliphatic carbocycles. The van der Waals surface area contributed by atoms with Crippen molar-refractivity contribution in [1.29, 1.82) is 0 Å². The van der Waals surface area contributed by atoms with Gasteiger partial charge in [-0.25, -0.2) is 0 Å². The second-order valence-electron chi connectivity index (χ2n) is 7.68. The monoisotopic (exact) mass is 393 g/mol. The molecule has 148 valence electrons. The second kappa shape index (κ2) is 8.48. The van der Waals surface area contributed by atoms with Crippen LogP contribution >= 0.6 is 12.4 Å². The Morgan fingerprint density at radius 2 is 1.74 bits per heavy atom. The third-order valence-corrected chi connectivity index (χ3v) is 6.19. The van der Waals surface area contributed by atoms with E-state index in [1.165, 1.54) is 0 Å². The minimum absolute atomic E-state index is 0. The van der Waals surface area contributed by atoms with Crippen molar-refractivity contribution in [2.45, 2.75) is 19.3 Å². The number of likely N-dealkylation sites (tertiary alicyclic amines) is 1. The molecule has 0 spiro atoms. The number of nitrogens with one attached hydrogen (secondary N) is 1. The molecule has 3 heterocycles. The first kappa shape index (κ1) is 20.0. The summed E-state index contributed by atoms with van der Waals surface area (Å²) < 4.78 is 5.17. The van der Waals surface area contributed by atoms with Gasteiger partial charge in [-0.1, -0.05) is 0 Å². The quantitative estimate of drug-likeness (QED) is 0.852. The highest BCUT2D eigenvalue weighted by molar-refractivity contribution is 6.00. The number of carbonyl (C=O) groups excluding carboxylic acids is 2. The molecule has 3 saturated heterocycles. The third kappa shape index (κ3) is 4.06. The van der Waals surface area contributed by atoms with Crippen LogP contribution < -0.4 is 15.0 Å². The van der Waals surface area contributed by atoms with E-state index in [0.29, 0.717) is 24.8 Å². The van der Waals surface area contributed by atoms with Crippen molar-refractivity contribution in [3.05, 3.63) is 24.3 Å². The highest BCUT2D eigenvalue weighted by Gasteiger charge is 2.39. The van der Waals surface area contributed by atoms with Gasteiger partial charge in [0, 0.05) is 31.7 Å². The highest BCUT2D eigenvalue weighted by Crippen LogP contribution is 2.31. The van der Waals surface area contributed by atoms with Crippen molar-refractivity contribution in [3.8, 4) is 5.75 Å². The number of anilines is 1. The van der Waals surface area contributed by atoms with Gasteiger partial charge in [-0.3, -0.25) is 9.59 Å². The first-order valence-corrected chi connectivity index (χ1v) is 9.59. The molecule has 7 heteroatoms. The molecular formula is C20H28ClN3O3. The number of carbonyl (C=O) groups is 2. The number of benzene rings is 1. The van der Waals surface area contributed by atoms with Gasteiger partial charge in [0.25, 0.3) is 0 Å². The van der Waals surface area contributed by atoms with Gasteiger partial charge in [0.05, 0.1) is 13.0 Å². The van der Waals surface area contributed by atoms with Gasteiger partial charge in [-0.15, -0.1) is 12.4 Å². The molecule has 4 rings (SSSR count).